The summed E-state index contributed by atoms with van der Waals surface area (Å²) in [5.41, 5.74) is 0. The van der Waals surface area contributed by atoms with E-state index in [1.54, 1.807) is 0 Å². The maximum absolute atomic E-state index is 12.5. The van der Waals surface area contributed by atoms with Crippen molar-refractivity contribution in [1.29, 1.82) is 0 Å². The van der Waals surface area contributed by atoms with Crippen molar-refractivity contribution in [3.05, 3.63) is 0 Å². The molecule has 0 aromatic carbocycles. The van der Waals surface area contributed by atoms with Crippen LogP contribution in [-0.2, 0) is 38.1 Å². The Labute approximate surface area is 374 Å². The van der Waals surface area contributed by atoms with E-state index in [9.17, 15) is 19.2 Å². The molecule has 60 heavy (non-hydrogen) atoms. The van der Waals surface area contributed by atoms with Crippen molar-refractivity contribution in [2.75, 3.05) is 70.6 Å². The van der Waals surface area contributed by atoms with Crippen LogP contribution in [0.15, 0.2) is 0 Å². The van der Waals surface area contributed by atoms with Crippen LogP contribution < -0.4 is 0 Å². The Kier molecular flexibility index (Phi) is 33.6. The second-order valence-electron chi connectivity index (χ2n) is 17.6. The largest absolute Gasteiger partial charge is 0.466 e. The third kappa shape index (κ3) is 29.7. The number of nitrogens with zero attached hydrogens (tertiary/aromatic N) is 2. The van der Waals surface area contributed by atoms with Gasteiger partial charge in [-0.15, -0.1) is 0 Å². The van der Waals surface area contributed by atoms with E-state index in [1.165, 1.54) is 64.2 Å². The van der Waals surface area contributed by atoms with Crippen LogP contribution in [0, 0.1) is 17.8 Å². The van der Waals surface area contributed by atoms with Crippen LogP contribution in [0.1, 0.15) is 188 Å². The number of likely N-dealkylation sites (tertiary alicyclic amines) is 2. The normalized spacial score (nSPS) is 16.7. The molecule has 350 valence electrons. The average Bonchev–Trinajstić information content (AvgIpc) is 3.25. The van der Waals surface area contributed by atoms with E-state index in [4.69, 9.17) is 18.9 Å². The summed E-state index contributed by atoms with van der Waals surface area (Å²) in [6.45, 7) is 16.5. The van der Waals surface area contributed by atoms with E-state index < -0.39 is 0 Å². The molecule has 0 N–H and O–H groups in total. The van der Waals surface area contributed by atoms with Crippen LogP contribution in [0.2, 0.25) is 0 Å². The predicted molar refractivity (Wildman–Crippen MR) is 249 cm³/mol. The van der Waals surface area contributed by atoms with E-state index in [0.717, 1.165) is 121 Å². The molecule has 0 aromatic rings. The monoisotopic (exact) mass is 885 g/mol. The lowest BCUT2D eigenvalue weighted by atomic mass is 9.94. The maximum atomic E-state index is 12.5. The fraction of sp³-hybridized carbons (Fsp3) is 0.917. The summed E-state index contributed by atoms with van der Waals surface area (Å²) in [5, 5.41) is 0. The Bertz CT molecular complexity index is 1100. The molecule has 0 aromatic heterocycles. The minimum Gasteiger partial charge on any atom is -0.466 e. The zero-order chi connectivity index (χ0) is 43.5. The lowest BCUT2D eigenvalue weighted by Crippen LogP contribution is -2.36. The number of hydrogen-bond donors (Lipinski definition) is 0. The third-order valence-corrected chi connectivity index (χ3v) is 14.7. The molecule has 0 saturated carbocycles. The van der Waals surface area contributed by atoms with Crippen LogP contribution >= 0.6 is 21.6 Å². The van der Waals surface area contributed by atoms with Crippen LogP contribution in [0.25, 0.3) is 0 Å². The highest BCUT2D eigenvalue weighted by atomic mass is 33.1. The smallest absolute Gasteiger partial charge is 0.306 e. The van der Waals surface area contributed by atoms with Crippen molar-refractivity contribution in [2.45, 2.75) is 194 Å². The van der Waals surface area contributed by atoms with Crippen LogP contribution in [-0.4, -0.2) is 110 Å². The van der Waals surface area contributed by atoms with Gasteiger partial charge in [0.05, 0.1) is 51.6 Å². The first-order chi connectivity index (χ1) is 29.2. The predicted octanol–water partition coefficient (Wildman–Crippen LogP) is 11.2. The van der Waals surface area contributed by atoms with E-state index in [1.807, 2.05) is 28.5 Å². The van der Waals surface area contributed by atoms with Crippen molar-refractivity contribution >= 4 is 45.5 Å². The Hall–Kier alpha value is -1.50. The molecule has 0 spiro atoms. The molecule has 0 radical (unpaired) electrons. The molecule has 2 fully saturated rings. The van der Waals surface area contributed by atoms with Gasteiger partial charge in [0.25, 0.3) is 0 Å². The van der Waals surface area contributed by atoms with Gasteiger partial charge in [-0.05, 0) is 109 Å². The van der Waals surface area contributed by atoms with Gasteiger partial charge in [0.1, 0.15) is 0 Å². The molecule has 2 aliphatic heterocycles. The first kappa shape index (κ1) is 54.6. The molecule has 2 rings (SSSR count). The van der Waals surface area contributed by atoms with Gasteiger partial charge >= 0.3 is 23.9 Å². The number of ether oxygens (including phenoxy) is 4. The quantitative estimate of drug-likeness (QED) is 0.0256. The Balaban J connectivity index is 1.42. The van der Waals surface area contributed by atoms with E-state index in [2.05, 4.69) is 30.6 Å². The minimum atomic E-state index is -0.316. The van der Waals surface area contributed by atoms with Gasteiger partial charge in [-0.2, -0.15) is 0 Å². The highest BCUT2D eigenvalue weighted by molar-refractivity contribution is 8.76. The van der Waals surface area contributed by atoms with Gasteiger partial charge < -0.3 is 28.7 Å². The van der Waals surface area contributed by atoms with Gasteiger partial charge in [0.2, 0.25) is 0 Å². The Morgan fingerprint density at radius 2 is 0.950 bits per heavy atom. The molecule has 0 amide bonds. The van der Waals surface area contributed by atoms with Crippen LogP contribution in [0.4, 0.5) is 0 Å². The van der Waals surface area contributed by atoms with Crippen molar-refractivity contribution < 1.29 is 38.1 Å². The summed E-state index contributed by atoms with van der Waals surface area (Å²) in [4.78, 5) is 54.0. The molecule has 0 bridgehead atoms. The molecule has 0 aliphatic carbocycles. The van der Waals surface area contributed by atoms with E-state index in [0.29, 0.717) is 37.6 Å². The SMILES string of the molecule is CCCCCCCCC(CCCCCC)COC(=O)CCC(=O)OCCC1CCN(CCSSCCN2CCC(CCOC(=O)CCC(=O)OC(C)CCCC)CC2)CC1. The Morgan fingerprint density at radius 1 is 0.533 bits per heavy atom. The highest BCUT2D eigenvalue weighted by Crippen LogP contribution is 2.26. The molecule has 12 heteroatoms. The number of hydrogen-bond acceptors (Lipinski definition) is 12. The maximum Gasteiger partial charge on any atom is 0.306 e. The van der Waals surface area contributed by atoms with Crippen molar-refractivity contribution in [1.82, 2.24) is 9.80 Å². The molecule has 2 unspecified atom stereocenters. The minimum absolute atomic E-state index is 0.0905. The lowest BCUT2D eigenvalue weighted by Gasteiger charge is -2.32. The van der Waals surface area contributed by atoms with E-state index >= 15 is 0 Å². The van der Waals surface area contributed by atoms with E-state index in [-0.39, 0.29) is 55.7 Å². The number of piperidine rings is 2. The lowest BCUT2D eigenvalue weighted by molar-refractivity contribution is -0.153. The molecule has 2 atom stereocenters. The number of carbonyl (C=O) groups excluding carboxylic acids is 4. The number of carbonyl (C=O) groups is 4. The summed E-state index contributed by atoms with van der Waals surface area (Å²) in [5.74, 6) is 2.69. The zero-order valence-electron chi connectivity index (χ0n) is 38.7. The highest BCUT2D eigenvalue weighted by Gasteiger charge is 2.22. The molecule has 10 nitrogen and oxygen atoms in total. The van der Waals surface area contributed by atoms with Gasteiger partial charge in [0.15, 0.2) is 0 Å². The van der Waals surface area contributed by atoms with Gasteiger partial charge in [-0.3, -0.25) is 19.2 Å². The van der Waals surface area contributed by atoms with Crippen LogP contribution in [0.3, 0.4) is 0 Å². The second-order valence-corrected chi connectivity index (χ2v) is 20.3. The Morgan fingerprint density at radius 3 is 1.43 bits per heavy atom. The van der Waals surface area contributed by atoms with Crippen molar-refractivity contribution in [3.63, 3.8) is 0 Å². The molecular weight excluding hydrogens is 797 g/mol. The van der Waals surface area contributed by atoms with Gasteiger partial charge in [0, 0.05) is 24.6 Å². The third-order valence-electron chi connectivity index (χ3n) is 12.3. The molecular formula is C48H88N2O8S2. The van der Waals surface area contributed by atoms with Crippen molar-refractivity contribution in [3.8, 4) is 0 Å². The first-order valence-corrected chi connectivity index (χ1v) is 27.1. The summed E-state index contributed by atoms with van der Waals surface area (Å²) < 4.78 is 22.0. The topological polar surface area (TPSA) is 112 Å². The number of unbranched alkanes of at least 4 members (excludes halogenated alkanes) is 9. The van der Waals surface area contributed by atoms with Crippen molar-refractivity contribution in [2.24, 2.45) is 17.8 Å². The van der Waals surface area contributed by atoms with Gasteiger partial charge in [-0.1, -0.05) is 119 Å². The molecule has 2 aliphatic rings. The molecule has 2 saturated heterocycles. The van der Waals surface area contributed by atoms with Crippen LogP contribution in [0.5, 0.6) is 0 Å². The summed E-state index contributed by atoms with van der Waals surface area (Å²) >= 11 is 0. The first-order valence-electron chi connectivity index (χ1n) is 24.6. The number of esters is 4. The fourth-order valence-electron chi connectivity index (χ4n) is 8.18. The summed E-state index contributed by atoms with van der Waals surface area (Å²) in [6, 6.07) is 0. The fourth-order valence-corrected chi connectivity index (χ4v) is 10.2. The second kappa shape index (κ2) is 36.9. The zero-order valence-corrected chi connectivity index (χ0v) is 40.4. The summed E-state index contributed by atoms with van der Waals surface area (Å²) in [6.07, 6.45) is 24.5. The molecule has 2 heterocycles. The number of rotatable bonds is 37. The summed E-state index contributed by atoms with van der Waals surface area (Å²) in [7, 11) is 3.96. The standard InChI is InChI=1S/C48H88N2O8S2/c1-5-8-11-13-14-16-19-44(18-15-12-9-6-2)40-57-47(53)21-20-45(51)55-36-28-42-24-30-49(31-25-42)34-38-59-60-39-35-50-32-26-43(27-33-50)29-37-56-46(52)22-23-48(54)58-41(4)17-10-7-3/h41-44H,5-40H2,1-4H3. The van der Waals surface area contributed by atoms with Gasteiger partial charge in [-0.25, -0.2) is 0 Å². The average molecular weight is 885 g/mol.